The van der Waals surface area contributed by atoms with E-state index in [1.165, 1.54) is 0 Å². The standard InChI is InChI=1S/C18H27N3O3/c1-13(2)20(3)17(22)14-7-6-10-21(12-14)18(23)19-15-8-5-9-16(11-15)24-4/h5,8-9,11,13-14H,6-7,10,12H2,1-4H3,(H,19,23). The highest BCUT2D eigenvalue weighted by Crippen LogP contribution is 2.21. The molecule has 24 heavy (non-hydrogen) atoms. The van der Waals surface area contributed by atoms with Crippen molar-refractivity contribution in [1.82, 2.24) is 9.80 Å². The maximum atomic E-state index is 12.5. The lowest BCUT2D eigenvalue weighted by Gasteiger charge is -2.35. The number of anilines is 1. The number of carbonyl (C=O) groups excluding carboxylic acids is 2. The average Bonchev–Trinajstić information content (AvgIpc) is 2.60. The third-order valence-corrected chi connectivity index (χ3v) is 4.50. The first-order valence-corrected chi connectivity index (χ1v) is 8.39. The molecule has 0 bridgehead atoms. The first kappa shape index (κ1) is 18.1. The number of hydrogen-bond acceptors (Lipinski definition) is 3. The van der Waals surface area contributed by atoms with Crippen molar-refractivity contribution in [3.8, 4) is 5.75 Å². The molecule has 1 aliphatic rings. The van der Waals surface area contributed by atoms with Gasteiger partial charge in [0.1, 0.15) is 5.75 Å². The molecule has 0 aromatic heterocycles. The van der Waals surface area contributed by atoms with E-state index in [4.69, 9.17) is 4.74 Å². The Balaban J connectivity index is 1.98. The fraction of sp³-hybridized carbons (Fsp3) is 0.556. The number of hydrogen-bond donors (Lipinski definition) is 1. The predicted octanol–water partition coefficient (Wildman–Crippen LogP) is 2.81. The van der Waals surface area contributed by atoms with E-state index in [9.17, 15) is 9.59 Å². The molecule has 0 radical (unpaired) electrons. The molecule has 1 aliphatic heterocycles. The van der Waals surface area contributed by atoms with E-state index in [2.05, 4.69) is 5.32 Å². The van der Waals surface area contributed by atoms with Crippen LogP contribution in [-0.2, 0) is 4.79 Å². The first-order chi connectivity index (χ1) is 11.4. The van der Waals surface area contributed by atoms with Crippen molar-refractivity contribution in [2.75, 3.05) is 32.6 Å². The van der Waals surface area contributed by atoms with E-state index in [0.717, 1.165) is 12.8 Å². The highest BCUT2D eigenvalue weighted by Gasteiger charge is 2.30. The topological polar surface area (TPSA) is 61.9 Å². The van der Waals surface area contributed by atoms with Gasteiger partial charge in [-0.3, -0.25) is 4.79 Å². The van der Waals surface area contributed by atoms with E-state index in [-0.39, 0.29) is 23.9 Å². The summed E-state index contributed by atoms with van der Waals surface area (Å²) in [5.41, 5.74) is 0.687. The lowest BCUT2D eigenvalue weighted by molar-refractivity contribution is -0.137. The minimum atomic E-state index is -0.173. The molecule has 1 saturated heterocycles. The molecule has 1 aromatic carbocycles. The summed E-state index contributed by atoms with van der Waals surface area (Å²) in [7, 11) is 3.41. The van der Waals surface area contributed by atoms with Gasteiger partial charge in [-0.2, -0.15) is 0 Å². The monoisotopic (exact) mass is 333 g/mol. The maximum absolute atomic E-state index is 12.5. The highest BCUT2D eigenvalue weighted by atomic mass is 16.5. The van der Waals surface area contributed by atoms with E-state index >= 15 is 0 Å². The van der Waals surface area contributed by atoms with Crippen LogP contribution in [0, 0.1) is 5.92 Å². The zero-order valence-electron chi connectivity index (χ0n) is 14.9. The van der Waals surface area contributed by atoms with Gasteiger partial charge in [-0.15, -0.1) is 0 Å². The normalized spacial score (nSPS) is 17.5. The molecule has 2 rings (SSSR count). The first-order valence-electron chi connectivity index (χ1n) is 8.39. The van der Waals surface area contributed by atoms with Gasteiger partial charge in [0.15, 0.2) is 0 Å². The molecule has 0 spiro atoms. The highest BCUT2D eigenvalue weighted by molar-refractivity contribution is 5.90. The van der Waals surface area contributed by atoms with Crippen LogP contribution in [0.25, 0.3) is 0 Å². The summed E-state index contributed by atoms with van der Waals surface area (Å²) >= 11 is 0. The Kier molecular flexibility index (Phi) is 6.06. The summed E-state index contributed by atoms with van der Waals surface area (Å²) in [5, 5.41) is 2.88. The van der Waals surface area contributed by atoms with Gasteiger partial charge in [0.2, 0.25) is 5.91 Å². The van der Waals surface area contributed by atoms with E-state index in [1.807, 2.05) is 39.1 Å². The fourth-order valence-electron chi connectivity index (χ4n) is 2.81. The van der Waals surface area contributed by atoms with Crippen LogP contribution in [0.5, 0.6) is 5.75 Å². The van der Waals surface area contributed by atoms with Crippen LogP contribution in [0.1, 0.15) is 26.7 Å². The predicted molar refractivity (Wildman–Crippen MR) is 94.2 cm³/mol. The second-order valence-corrected chi connectivity index (χ2v) is 6.49. The quantitative estimate of drug-likeness (QED) is 0.921. The Labute approximate surface area is 143 Å². The van der Waals surface area contributed by atoms with Gasteiger partial charge < -0.3 is 19.9 Å². The van der Waals surface area contributed by atoms with Gasteiger partial charge in [-0.25, -0.2) is 4.79 Å². The Morgan fingerprint density at radius 3 is 2.79 bits per heavy atom. The number of likely N-dealkylation sites (tertiary alicyclic amines) is 1. The van der Waals surface area contributed by atoms with Crippen molar-refractivity contribution in [3.63, 3.8) is 0 Å². The molecular weight excluding hydrogens is 306 g/mol. The molecule has 1 fully saturated rings. The van der Waals surface area contributed by atoms with Crippen molar-refractivity contribution in [2.24, 2.45) is 5.92 Å². The number of rotatable bonds is 4. The summed E-state index contributed by atoms with van der Waals surface area (Å²) in [4.78, 5) is 28.5. The smallest absolute Gasteiger partial charge is 0.321 e. The molecule has 6 heteroatoms. The number of methoxy groups -OCH3 is 1. The summed E-state index contributed by atoms with van der Waals surface area (Å²) < 4.78 is 5.16. The van der Waals surface area contributed by atoms with Crippen molar-refractivity contribution >= 4 is 17.6 Å². The summed E-state index contributed by atoms with van der Waals surface area (Å²) in [5.74, 6) is 0.684. The summed E-state index contributed by atoms with van der Waals surface area (Å²) in [6.07, 6.45) is 1.67. The molecule has 6 nitrogen and oxygen atoms in total. The van der Waals surface area contributed by atoms with Gasteiger partial charge in [-0.05, 0) is 38.8 Å². The second kappa shape index (κ2) is 8.04. The van der Waals surface area contributed by atoms with Crippen LogP contribution in [0.15, 0.2) is 24.3 Å². The van der Waals surface area contributed by atoms with Gasteiger partial charge in [-0.1, -0.05) is 6.07 Å². The van der Waals surface area contributed by atoms with Crippen molar-refractivity contribution in [3.05, 3.63) is 24.3 Å². The molecule has 1 atom stereocenters. The van der Waals surface area contributed by atoms with Crippen LogP contribution < -0.4 is 10.1 Å². The minimum absolute atomic E-state index is 0.115. The summed E-state index contributed by atoms with van der Waals surface area (Å²) in [6.45, 7) is 5.12. The number of ether oxygens (including phenoxy) is 1. The number of piperidine rings is 1. The molecule has 1 unspecified atom stereocenters. The Bertz CT molecular complexity index is 589. The molecule has 1 N–H and O–H groups in total. The molecule has 1 aromatic rings. The summed E-state index contributed by atoms with van der Waals surface area (Å²) in [6, 6.07) is 7.24. The van der Waals surface area contributed by atoms with Gasteiger partial charge in [0.05, 0.1) is 13.0 Å². The van der Waals surface area contributed by atoms with E-state index in [0.29, 0.717) is 24.5 Å². The van der Waals surface area contributed by atoms with Gasteiger partial charge in [0.25, 0.3) is 0 Å². The zero-order valence-corrected chi connectivity index (χ0v) is 14.9. The molecular formula is C18H27N3O3. The Hall–Kier alpha value is -2.24. The lowest BCUT2D eigenvalue weighted by atomic mass is 9.96. The van der Waals surface area contributed by atoms with Crippen molar-refractivity contribution in [2.45, 2.75) is 32.7 Å². The van der Waals surface area contributed by atoms with E-state index in [1.54, 1.807) is 23.0 Å². The number of amides is 3. The number of benzene rings is 1. The molecule has 132 valence electrons. The number of nitrogens with one attached hydrogen (secondary N) is 1. The minimum Gasteiger partial charge on any atom is -0.497 e. The third-order valence-electron chi connectivity index (χ3n) is 4.50. The third kappa shape index (κ3) is 4.40. The molecule has 0 saturated carbocycles. The number of urea groups is 1. The average molecular weight is 333 g/mol. The van der Waals surface area contributed by atoms with Crippen LogP contribution in [0.2, 0.25) is 0 Å². The van der Waals surface area contributed by atoms with E-state index < -0.39 is 0 Å². The zero-order chi connectivity index (χ0) is 17.7. The van der Waals surface area contributed by atoms with Crippen LogP contribution in [-0.4, -0.2) is 55.0 Å². The van der Waals surface area contributed by atoms with Gasteiger partial charge in [0, 0.05) is 37.9 Å². The Morgan fingerprint density at radius 2 is 2.12 bits per heavy atom. The second-order valence-electron chi connectivity index (χ2n) is 6.49. The molecule has 3 amide bonds. The van der Waals surface area contributed by atoms with Crippen LogP contribution >= 0.6 is 0 Å². The maximum Gasteiger partial charge on any atom is 0.321 e. The molecule has 1 heterocycles. The van der Waals surface area contributed by atoms with Crippen LogP contribution in [0.3, 0.4) is 0 Å². The van der Waals surface area contributed by atoms with Crippen molar-refractivity contribution in [1.29, 1.82) is 0 Å². The number of carbonyl (C=O) groups is 2. The fourth-order valence-corrected chi connectivity index (χ4v) is 2.81. The van der Waals surface area contributed by atoms with Crippen LogP contribution in [0.4, 0.5) is 10.5 Å². The lowest BCUT2D eigenvalue weighted by Crippen LogP contribution is -2.48. The van der Waals surface area contributed by atoms with Crippen molar-refractivity contribution < 1.29 is 14.3 Å². The molecule has 0 aliphatic carbocycles. The Morgan fingerprint density at radius 1 is 1.38 bits per heavy atom. The SMILES string of the molecule is COc1cccc(NC(=O)N2CCCC(C(=O)N(C)C(C)C)C2)c1. The van der Waals surface area contributed by atoms with Gasteiger partial charge >= 0.3 is 6.03 Å². The largest absolute Gasteiger partial charge is 0.497 e. The number of nitrogens with zero attached hydrogens (tertiary/aromatic N) is 2.